The number of hydrogen-bond donors (Lipinski definition) is 1. The van der Waals surface area contributed by atoms with E-state index in [2.05, 4.69) is 44.4 Å². The van der Waals surface area contributed by atoms with Gasteiger partial charge >= 0.3 is 0 Å². The summed E-state index contributed by atoms with van der Waals surface area (Å²) in [7, 11) is 0. The molecule has 1 saturated heterocycles. The summed E-state index contributed by atoms with van der Waals surface area (Å²) in [4.78, 5) is 23.5. The van der Waals surface area contributed by atoms with Gasteiger partial charge in [0.15, 0.2) is 0 Å². The zero-order valence-corrected chi connectivity index (χ0v) is 15.6. The minimum Gasteiger partial charge on any atom is -0.355 e. The first-order chi connectivity index (χ1) is 13.2. The highest BCUT2D eigenvalue weighted by Gasteiger charge is 2.28. The monoisotopic (exact) mass is 365 g/mol. The van der Waals surface area contributed by atoms with E-state index in [4.69, 9.17) is 4.52 Å². The number of amides is 1. The van der Waals surface area contributed by atoms with Crippen molar-refractivity contribution in [3.63, 3.8) is 0 Å². The molecule has 0 radical (unpaired) electrons. The summed E-state index contributed by atoms with van der Waals surface area (Å²) in [6.07, 6.45) is 4.28. The molecule has 1 amide bonds. The molecule has 1 atom stereocenters. The average molecular weight is 365 g/mol. The van der Waals surface area contributed by atoms with Crippen LogP contribution in [0.4, 0.5) is 11.5 Å². The molecule has 7 nitrogen and oxygen atoms in total. The molecular formula is C20H23N5O2. The second-order valence-electron chi connectivity index (χ2n) is 6.97. The first kappa shape index (κ1) is 17.5. The number of fused-ring (bicyclic) bond motifs is 1. The fourth-order valence-corrected chi connectivity index (χ4v) is 3.60. The van der Waals surface area contributed by atoms with Crippen LogP contribution in [-0.2, 0) is 11.2 Å². The summed E-state index contributed by atoms with van der Waals surface area (Å²) in [6, 6.07) is 8.03. The molecule has 1 fully saturated rings. The van der Waals surface area contributed by atoms with Crippen molar-refractivity contribution in [1.82, 2.24) is 15.1 Å². The van der Waals surface area contributed by atoms with Crippen LogP contribution in [0, 0.1) is 12.8 Å². The van der Waals surface area contributed by atoms with Crippen LogP contribution in [0.15, 0.2) is 35.1 Å². The van der Waals surface area contributed by atoms with Gasteiger partial charge in [0.1, 0.15) is 17.5 Å². The van der Waals surface area contributed by atoms with E-state index in [0.29, 0.717) is 12.3 Å². The molecule has 0 spiro atoms. The molecule has 3 heterocycles. The maximum Gasteiger partial charge on any atom is 0.263 e. The number of carbonyl (C=O) groups is 1. The van der Waals surface area contributed by atoms with Crippen LogP contribution in [0.3, 0.4) is 0 Å². The third-order valence-electron chi connectivity index (χ3n) is 5.14. The minimum absolute atomic E-state index is 0.0521. The number of piperidine rings is 1. The van der Waals surface area contributed by atoms with Crippen LogP contribution in [-0.4, -0.2) is 34.1 Å². The van der Waals surface area contributed by atoms with Gasteiger partial charge in [0.2, 0.25) is 5.91 Å². The fraction of sp³-hybridized carbons (Fsp3) is 0.400. The third-order valence-corrected chi connectivity index (χ3v) is 5.14. The average Bonchev–Trinajstić information content (AvgIpc) is 3.10. The Morgan fingerprint density at radius 1 is 1.30 bits per heavy atom. The summed E-state index contributed by atoms with van der Waals surface area (Å²) < 4.78 is 5.25. The van der Waals surface area contributed by atoms with Gasteiger partial charge in [-0.15, -0.1) is 0 Å². The largest absolute Gasteiger partial charge is 0.355 e. The van der Waals surface area contributed by atoms with Crippen molar-refractivity contribution in [2.45, 2.75) is 33.1 Å². The van der Waals surface area contributed by atoms with E-state index in [1.165, 1.54) is 11.9 Å². The quantitative estimate of drug-likeness (QED) is 0.763. The number of rotatable bonds is 4. The van der Waals surface area contributed by atoms with Crippen LogP contribution < -0.4 is 10.2 Å². The number of nitrogens with zero attached hydrogens (tertiary/aromatic N) is 4. The number of anilines is 2. The lowest BCUT2D eigenvalue weighted by Gasteiger charge is -2.33. The predicted molar refractivity (Wildman–Crippen MR) is 104 cm³/mol. The molecular weight excluding hydrogens is 342 g/mol. The maximum absolute atomic E-state index is 12.8. The number of aromatic nitrogens is 3. The predicted octanol–water partition coefficient (Wildman–Crippen LogP) is 3.34. The second-order valence-corrected chi connectivity index (χ2v) is 6.97. The first-order valence-electron chi connectivity index (χ1n) is 9.37. The molecule has 7 heteroatoms. The lowest BCUT2D eigenvalue weighted by atomic mass is 9.96. The first-order valence-corrected chi connectivity index (χ1v) is 9.37. The smallest absolute Gasteiger partial charge is 0.263 e. The van der Waals surface area contributed by atoms with E-state index in [9.17, 15) is 4.79 Å². The van der Waals surface area contributed by atoms with Crippen molar-refractivity contribution in [2.24, 2.45) is 5.92 Å². The zero-order valence-electron chi connectivity index (χ0n) is 15.6. The fourth-order valence-electron chi connectivity index (χ4n) is 3.60. The van der Waals surface area contributed by atoms with E-state index < -0.39 is 0 Å². The molecule has 1 aliphatic rings. The Labute approximate surface area is 157 Å². The lowest BCUT2D eigenvalue weighted by molar-refractivity contribution is -0.120. The number of nitrogens with one attached hydrogen (secondary N) is 1. The highest BCUT2D eigenvalue weighted by Crippen LogP contribution is 2.29. The van der Waals surface area contributed by atoms with Crippen molar-refractivity contribution < 1.29 is 9.32 Å². The Hall–Kier alpha value is -2.96. The third kappa shape index (κ3) is 3.49. The lowest BCUT2D eigenvalue weighted by Crippen LogP contribution is -2.41. The summed E-state index contributed by atoms with van der Waals surface area (Å²) in [5.74, 6) is 0.759. The van der Waals surface area contributed by atoms with Gasteiger partial charge in [-0.3, -0.25) is 4.79 Å². The van der Waals surface area contributed by atoms with Crippen molar-refractivity contribution in [3.05, 3.63) is 41.9 Å². The number of benzene rings is 1. The summed E-state index contributed by atoms with van der Waals surface area (Å²) in [5.41, 5.74) is 3.35. The topological polar surface area (TPSA) is 84.2 Å². The van der Waals surface area contributed by atoms with Crippen molar-refractivity contribution in [2.75, 3.05) is 23.3 Å². The van der Waals surface area contributed by atoms with Crippen molar-refractivity contribution in [3.8, 4) is 0 Å². The van der Waals surface area contributed by atoms with Gasteiger partial charge in [0.05, 0.1) is 11.6 Å². The van der Waals surface area contributed by atoms with Crippen molar-refractivity contribution in [1.29, 1.82) is 0 Å². The van der Waals surface area contributed by atoms with Gasteiger partial charge in [0, 0.05) is 18.8 Å². The standard InChI is InChI=1S/C20H23N5O2/c1-3-14-6-8-16(9-7-14)23-19(26)15-5-4-10-25(11-15)18-17-13(2)24-27-20(17)22-12-21-18/h6-9,12,15H,3-5,10-11H2,1-2H3,(H,23,26)/t15-/m0/s1. The van der Waals surface area contributed by atoms with E-state index in [1.54, 1.807) is 0 Å². The zero-order chi connectivity index (χ0) is 18.8. The molecule has 1 aromatic carbocycles. The molecule has 0 unspecified atom stereocenters. The Morgan fingerprint density at radius 2 is 2.11 bits per heavy atom. The molecule has 1 aliphatic heterocycles. The van der Waals surface area contributed by atoms with Gasteiger partial charge in [-0.1, -0.05) is 24.2 Å². The Bertz CT molecular complexity index is 951. The summed E-state index contributed by atoms with van der Waals surface area (Å²) in [6.45, 7) is 5.47. The van der Waals surface area contributed by atoms with Gasteiger partial charge in [-0.05, 0) is 43.9 Å². The highest BCUT2D eigenvalue weighted by atomic mass is 16.5. The molecule has 27 heavy (non-hydrogen) atoms. The van der Waals surface area contributed by atoms with Gasteiger partial charge in [-0.25, -0.2) is 4.98 Å². The van der Waals surface area contributed by atoms with E-state index in [-0.39, 0.29) is 11.8 Å². The number of carbonyl (C=O) groups excluding carboxylic acids is 1. The van der Waals surface area contributed by atoms with Crippen LogP contribution >= 0.6 is 0 Å². The van der Waals surface area contributed by atoms with Crippen LogP contribution in [0.2, 0.25) is 0 Å². The molecule has 3 aromatic rings. The number of hydrogen-bond acceptors (Lipinski definition) is 6. The van der Waals surface area contributed by atoms with Gasteiger partial charge < -0.3 is 14.7 Å². The molecule has 0 aliphatic carbocycles. The Balaban J connectivity index is 1.50. The van der Waals surface area contributed by atoms with Crippen LogP contribution in [0.25, 0.3) is 11.1 Å². The van der Waals surface area contributed by atoms with E-state index in [1.807, 2.05) is 19.1 Å². The van der Waals surface area contributed by atoms with E-state index >= 15 is 0 Å². The summed E-state index contributed by atoms with van der Waals surface area (Å²) >= 11 is 0. The number of aryl methyl sites for hydroxylation is 2. The molecule has 140 valence electrons. The molecule has 0 saturated carbocycles. The van der Waals surface area contributed by atoms with Crippen molar-refractivity contribution >= 4 is 28.5 Å². The second kappa shape index (κ2) is 7.34. The van der Waals surface area contributed by atoms with Gasteiger partial charge in [0.25, 0.3) is 5.71 Å². The van der Waals surface area contributed by atoms with Crippen LogP contribution in [0.5, 0.6) is 0 Å². The highest BCUT2D eigenvalue weighted by molar-refractivity contribution is 5.93. The SMILES string of the molecule is CCc1ccc(NC(=O)[C@H]2CCCN(c3ncnc4onc(C)c34)C2)cc1. The molecule has 0 bridgehead atoms. The summed E-state index contributed by atoms with van der Waals surface area (Å²) in [5, 5.41) is 7.87. The Morgan fingerprint density at radius 3 is 2.89 bits per heavy atom. The molecule has 2 aromatic heterocycles. The molecule has 1 N–H and O–H groups in total. The van der Waals surface area contributed by atoms with Gasteiger partial charge in [-0.2, -0.15) is 4.98 Å². The normalized spacial score (nSPS) is 17.3. The minimum atomic E-state index is -0.0882. The maximum atomic E-state index is 12.8. The van der Waals surface area contributed by atoms with Crippen LogP contribution in [0.1, 0.15) is 31.0 Å². The molecule has 4 rings (SSSR count). The van der Waals surface area contributed by atoms with E-state index in [0.717, 1.165) is 48.4 Å². The Kier molecular flexibility index (Phi) is 4.75.